The molecular formula is C44H29N. The standard InChI is InChI=1S/C44H29N/c1-2-14-32(15-3-1)40-28-33-29-43(37-23-9-11-25-39(37)44(33)38-24-10-8-22-36(38)40)45(41-26-12-18-30-16-4-6-20-34(30)41)42-27-13-19-31-17-5-7-21-35(31)42/h1-29H. The Hall–Kier alpha value is -5.92. The van der Waals surface area contributed by atoms with Crippen LogP contribution in [0.15, 0.2) is 176 Å². The Morgan fingerprint density at radius 2 is 0.756 bits per heavy atom. The van der Waals surface area contributed by atoms with E-state index in [0.717, 1.165) is 11.4 Å². The topological polar surface area (TPSA) is 3.24 Å². The van der Waals surface area contributed by atoms with Crippen LogP contribution in [0.25, 0.3) is 65.0 Å². The van der Waals surface area contributed by atoms with Crippen molar-refractivity contribution in [2.24, 2.45) is 0 Å². The number of hydrogen-bond donors (Lipinski definition) is 0. The van der Waals surface area contributed by atoms with Crippen LogP contribution in [0, 0.1) is 0 Å². The van der Waals surface area contributed by atoms with Crippen molar-refractivity contribution in [1.29, 1.82) is 0 Å². The van der Waals surface area contributed by atoms with Crippen LogP contribution in [-0.4, -0.2) is 0 Å². The van der Waals surface area contributed by atoms with Crippen molar-refractivity contribution < 1.29 is 0 Å². The molecule has 9 aromatic rings. The number of anilines is 3. The largest absolute Gasteiger partial charge is 0.309 e. The smallest absolute Gasteiger partial charge is 0.0546 e. The lowest BCUT2D eigenvalue weighted by Gasteiger charge is -2.30. The van der Waals surface area contributed by atoms with Gasteiger partial charge in [-0.2, -0.15) is 0 Å². The number of hydrogen-bond acceptors (Lipinski definition) is 1. The van der Waals surface area contributed by atoms with E-state index in [0.29, 0.717) is 0 Å². The molecule has 1 heteroatoms. The fourth-order valence-corrected chi connectivity index (χ4v) is 7.20. The molecule has 0 bridgehead atoms. The summed E-state index contributed by atoms with van der Waals surface area (Å²) in [7, 11) is 0. The monoisotopic (exact) mass is 571 g/mol. The molecule has 0 fully saturated rings. The molecule has 0 spiro atoms. The lowest BCUT2D eigenvalue weighted by molar-refractivity contribution is 1.33. The third-order valence-electron chi connectivity index (χ3n) is 9.18. The average Bonchev–Trinajstić information content (AvgIpc) is 3.12. The molecule has 0 radical (unpaired) electrons. The maximum Gasteiger partial charge on any atom is 0.0546 e. The van der Waals surface area contributed by atoms with Crippen LogP contribution in [0.2, 0.25) is 0 Å². The first-order valence-corrected chi connectivity index (χ1v) is 15.5. The van der Waals surface area contributed by atoms with Crippen molar-refractivity contribution in [2.45, 2.75) is 0 Å². The van der Waals surface area contributed by atoms with Gasteiger partial charge in [0.1, 0.15) is 0 Å². The van der Waals surface area contributed by atoms with E-state index in [-0.39, 0.29) is 0 Å². The Morgan fingerprint density at radius 1 is 0.289 bits per heavy atom. The fraction of sp³-hybridized carbons (Fsp3) is 0. The molecule has 1 nitrogen and oxygen atoms in total. The van der Waals surface area contributed by atoms with Crippen molar-refractivity contribution in [3.63, 3.8) is 0 Å². The lowest BCUT2D eigenvalue weighted by atomic mass is 9.89. The Kier molecular flexibility index (Phi) is 5.89. The molecule has 9 aromatic carbocycles. The van der Waals surface area contributed by atoms with E-state index in [4.69, 9.17) is 0 Å². The van der Waals surface area contributed by atoms with Gasteiger partial charge in [0, 0.05) is 16.2 Å². The maximum atomic E-state index is 2.49. The predicted octanol–water partition coefficient (Wildman–Crippen LogP) is 12.6. The van der Waals surface area contributed by atoms with Gasteiger partial charge in [0.2, 0.25) is 0 Å². The zero-order valence-electron chi connectivity index (χ0n) is 24.7. The highest BCUT2D eigenvalue weighted by Gasteiger charge is 2.22. The van der Waals surface area contributed by atoms with Crippen LogP contribution in [0.3, 0.4) is 0 Å². The molecule has 0 unspecified atom stereocenters. The van der Waals surface area contributed by atoms with Gasteiger partial charge in [0.25, 0.3) is 0 Å². The van der Waals surface area contributed by atoms with Gasteiger partial charge in [-0.1, -0.05) is 152 Å². The van der Waals surface area contributed by atoms with Crippen LogP contribution in [0.1, 0.15) is 0 Å². The van der Waals surface area contributed by atoms with Gasteiger partial charge in [-0.05, 0) is 73.1 Å². The molecule has 0 saturated carbocycles. The minimum Gasteiger partial charge on any atom is -0.309 e. The lowest BCUT2D eigenvalue weighted by Crippen LogP contribution is -2.12. The Bertz CT molecular complexity index is 2460. The molecule has 0 N–H and O–H groups in total. The van der Waals surface area contributed by atoms with Gasteiger partial charge in [0.05, 0.1) is 17.1 Å². The van der Waals surface area contributed by atoms with Gasteiger partial charge >= 0.3 is 0 Å². The molecule has 45 heavy (non-hydrogen) atoms. The molecule has 0 aliphatic heterocycles. The van der Waals surface area contributed by atoms with E-state index in [9.17, 15) is 0 Å². The summed E-state index contributed by atoms with van der Waals surface area (Å²) in [4.78, 5) is 2.49. The molecule has 0 atom stereocenters. The summed E-state index contributed by atoms with van der Waals surface area (Å²) in [6.45, 7) is 0. The highest BCUT2D eigenvalue weighted by Crippen LogP contribution is 2.48. The Labute approximate surface area is 262 Å². The third-order valence-corrected chi connectivity index (χ3v) is 9.18. The van der Waals surface area contributed by atoms with Gasteiger partial charge in [-0.3, -0.25) is 0 Å². The average molecular weight is 572 g/mol. The highest BCUT2D eigenvalue weighted by atomic mass is 15.1. The van der Waals surface area contributed by atoms with Crippen molar-refractivity contribution in [3.05, 3.63) is 176 Å². The minimum absolute atomic E-state index is 1.16. The molecule has 0 aliphatic carbocycles. The van der Waals surface area contributed by atoms with Crippen molar-refractivity contribution in [3.8, 4) is 11.1 Å². The summed E-state index contributed by atoms with van der Waals surface area (Å²) in [5.74, 6) is 0. The quantitative estimate of drug-likeness (QED) is 0.190. The summed E-state index contributed by atoms with van der Waals surface area (Å²) in [6, 6.07) is 64.1. The molecule has 210 valence electrons. The first kappa shape index (κ1) is 25.6. The highest BCUT2D eigenvalue weighted by molar-refractivity contribution is 6.26. The van der Waals surface area contributed by atoms with Gasteiger partial charge in [-0.15, -0.1) is 0 Å². The Morgan fingerprint density at radius 3 is 1.38 bits per heavy atom. The third kappa shape index (κ3) is 4.09. The van der Waals surface area contributed by atoms with Crippen LogP contribution < -0.4 is 4.90 Å². The van der Waals surface area contributed by atoms with E-state index < -0.39 is 0 Å². The SMILES string of the molecule is c1ccc(-c2cc3cc(N(c4cccc5ccccc45)c4cccc5ccccc45)c4ccccc4c3c3ccccc23)cc1. The molecule has 0 aliphatic rings. The van der Waals surface area contributed by atoms with E-state index in [2.05, 4.69) is 181 Å². The molecule has 0 heterocycles. The van der Waals surface area contributed by atoms with Gasteiger partial charge in [-0.25, -0.2) is 0 Å². The minimum atomic E-state index is 1.16. The number of benzene rings is 9. The zero-order valence-corrected chi connectivity index (χ0v) is 24.7. The van der Waals surface area contributed by atoms with Crippen LogP contribution in [0.4, 0.5) is 17.1 Å². The van der Waals surface area contributed by atoms with E-state index in [1.54, 1.807) is 0 Å². The zero-order chi connectivity index (χ0) is 29.7. The molecule has 0 aromatic heterocycles. The first-order valence-electron chi connectivity index (χ1n) is 15.5. The summed E-state index contributed by atoms with van der Waals surface area (Å²) in [5, 5.41) is 12.4. The van der Waals surface area contributed by atoms with Crippen molar-refractivity contribution >= 4 is 70.9 Å². The number of rotatable bonds is 4. The van der Waals surface area contributed by atoms with Gasteiger partial charge in [0.15, 0.2) is 0 Å². The predicted molar refractivity (Wildman–Crippen MR) is 194 cm³/mol. The van der Waals surface area contributed by atoms with E-state index >= 15 is 0 Å². The van der Waals surface area contributed by atoms with E-state index in [1.165, 1.54) is 70.7 Å². The van der Waals surface area contributed by atoms with Gasteiger partial charge < -0.3 is 4.90 Å². The molecule has 0 amide bonds. The summed E-state index contributed by atoms with van der Waals surface area (Å²) >= 11 is 0. The normalized spacial score (nSPS) is 11.6. The number of fused-ring (bicyclic) bond motifs is 7. The number of nitrogens with zero attached hydrogens (tertiary/aromatic N) is 1. The molecule has 0 saturated heterocycles. The summed E-state index contributed by atoms with van der Waals surface area (Å²) in [6.07, 6.45) is 0. The first-order chi connectivity index (χ1) is 22.3. The van der Waals surface area contributed by atoms with Crippen molar-refractivity contribution in [2.75, 3.05) is 4.90 Å². The second kappa shape index (κ2) is 10.4. The van der Waals surface area contributed by atoms with Crippen LogP contribution in [0.5, 0.6) is 0 Å². The maximum absolute atomic E-state index is 2.49. The van der Waals surface area contributed by atoms with Crippen LogP contribution in [-0.2, 0) is 0 Å². The van der Waals surface area contributed by atoms with Crippen molar-refractivity contribution in [1.82, 2.24) is 0 Å². The second-order valence-electron chi connectivity index (χ2n) is 11.7. The summed E-state index contributed by atoms with van der Waals surface area (Å²) < 4.78 is 0. The second-order valence-corrected chi connectivity index (χ2v) is 11.7. The van der Waals surface area contributed by atoms with Crippen LogP contribution >= 0.6 is 0 Å². The Balaban J connectivity index is 1.45. The summed E-state index contributed by atoms with van der Waals surface area (Å²) in [5.41, 5.74) is 5.98. The van der Waals surface area contributed by atoms with E-state index in [1.807, 2.05) is 0 Å². The fourth-order valence-electron chi connectivity index (χ4n) is 7.20. The molecular weight excluding hydrogens is 542 g/mol. The molecule has 9 rings (SSSR count).